The fourth-order valence-electron chi connectivity index (χ4n) is 2.91. The van der Waals surface area contributed by atoms with E-state index in [2.05, 4.69) is 5.32 Å². The molecule has 1 aliphatic rings. The highest BCUT2D eigenvalue weighted by molar-refractivity contribution is 7.88. The third-order valence-corrected chi connectivity index (χ3v) is 4.73. The molecule has 1 amide bonds. The smallest absolute Gasteiger partial charge is 0.224 e. The van der Waals surface area contributed by atoms with Crippen molar-refractivity contribution in [1.82, 2.24) is 0 Å². The number of sulfonamides is 1. The zero-order valence-electron chi connectivity index (χ0n) is 12.9. The van der Waals surface area contributed by atoms with Crippen molar-refractivity contribution in [3.8, 4) is 0 Å². The van der Waals surface area contributed by atoms with Crippen LogP contribution in [0.15, 0.2) is 24.3 Å². The fraction of sp³-hybridized carbons (Fsp3) is 0.533. The van der Waals surface area contributed by atoms with E-state index < -0.39 is 10.0 Å². The number of nitrogens with two attached hydrogens (primary N) is 2. The summed E-state index contributed by atoms with van der Waals surface area (Å²) in [6.07, 6.45) is 4.62. The molecule has 0 spiro atoms. The SMILES string of the molecule is Cl.N[C@@H]1CCCC[C@@H]1CC(=O)Nc1cccc(CS(N)(=O)=O)c1. The Kier molecular flexibility index (Phi) is 7.47. The lowest BCUT2D eigenvalue weighted by molar-refractivity contribution is -0.117. The van der Waals surface area contributed by atoms with Crippen LogP contribution in [0.4, 0.5) is 5.69 Å². The second kappa shape index (κ2) is 8.63. The van der Waals surface area contributed by atoms with E-state index in [9.17, 15) is 13.2 Å². The Bertz CT molecular complexity index is 637. The van der Waals surface area contributed by atoms with Gasteiger partial charge in [0.25, 0.3) is 0 Å². The third kappa shape index (κ3) is 6.87. The summed E-state index contributed by atoms with van der Waals surface area (Å²) in [6, 6.07) is 6.81. The van der Waals surface area contributed by atoms with E-state index in [1.807, 2.05) is 0 Å². The van der Waals surface area contributed by atoms with Gasteiger partial charge in [-0.3, -0.25) is 4.79 Å². The Labute approximate surface area is 143 Å². The first-order chi connectivity index (χ1) is 10.3. The third-order valence-electron chi connectivity index (χ3n) is 3.99. The first-order valence-corrected chi connectivity index (χ1v) is 9.20. The van der Waals surface area contributed by atoms with Gasteiger partial charge in [-0.1, -0.05) is 25.0 Å². The van der Waals surface area contributed by atoms with Crippen molar-refractivity contribution in [2.75, 3.05) is 5.32 Å². The topological polar surface area (TPSA) is 115 Å². The molecular weight excluding hydrogens is 338 g/mol. The normalized spacial score (nSPS) is 21.3. The first-order valence-electron chi connectivity index (χ1n) is 7.48. The molecule has 0 saturated heterocycles. The molecule has 1 aliphatic carbocycles. The maximum atomic E-state index is 12.1. The largest absolute Gasteiger partial charge is 0.327 e. The molecule has 1 fully saturated rings. The van der Waals surface area contributed by atoms with E-state index in [0.717, 1.165) is 25.7 Å². The summed E-state index contributed by atoms with van der Waals surface area (Å²) >= 11 is 0. The first kappa shape index (κ1) is 19.9. The number of hydrogen-bond donors (Lipinski definition) is 3. The average molecular weight is 362 g/mol. The Morgan fingerprint density at radius 1 is 1.26 bits per heavy atom. The van der Waals surface area contributed by atoms with Crippen molar-refractivity contribution in [3.05, 3.63) is 29.8 Å². The fourth-order valence-corrected chi connectivity index (χ4v) is 3.56. The number of anilines is 1. The van der Waals surface area contributed by atoms with Gasteiger partial charge in [0.2, 0.25) is 15.9 Å². The molecule has 0 heterocycles. The standard InChI is InChI=1S/C15H23N3O3S.ClH/c16-14-7-2-1-5-12(14)9-15(19)18-13-6-3-4-11(8-13)10-22(17,20)21;/h3-4,6,8,12,14H,1-2,5,7,9-10,16H2,(H,18,19)(H2,17,20,21);1H/t12-,14-;/m1./s1. The van der Waals surface area contributed by atoms with Gasteiger partial charge in [-0.05, 0) is 36.5 Å². The van der Waals surface area contributed by atoms with Crippen LogP contribution in [0.5, 0.6) is 0 Å². The lowest BCUT2D eigenvalue weighted by Crippen LogP contribution is -2.35. The zero-order valence-corrected chi connectivity index (χ0v) is 14.5. The Morgan fingerprint density at radius 3 is 2.61 bits per heavy atom. The van der Waals surface area contributed by atoms with Gasteiger partial charge < -0.3 is 11.1 Å². The molecule has 0 aliphatic heterocycles. The molecule has 8 heteroatoms. The molecule has 0 bridgehead atoms. The van der Waals surface area contributed by atoms with Crippen LogP contribution in [0.3, 0.4) is 0 Å². The van der Waals surface area contributed by atoms with Gasteiger partial charge in [-0.25, -0.2) is 13.6 Å². The summed E-state index contributed by atoms with van der Waals surface area (Å²) in [4.78, 5) is 12.1. The van der Waals surface area contributed by atoms with Crippen LogP contribution in [-0.2, 0) is 20.6 Å². The van der Waals surface area contributed by atoms with E-state index in [-0.39, 0.29) is 36.0 Å². The van der Waals surface area contributed by atoms with E-state index in [0.29, 0.717) is 17.7 Å². The van der Waals surface area contributed by atoms with Crippen LogP contribution >= 0.6 is 12.4 Å². The van der Waals surface area contributed by atoms with Crippen LogP contribution in [0.25, 0.3) is 0 Å². The maximum absolute atomic E-state index is 12.1. The Hall–Kier alpha value is -1.15. The van der Waals surface area contributed by atoms with Gasteiger partial charge in [0.1, 0.15) is 0 Å². The highest BCUT2D eigenvalue weighted by atomic mass is 35.5. The van der Waals surface area contributed by atoms with Crippen molar-refractivity contribution in [2.24, 2.45) is 16.8 Å². The van der Waals surface area contributed by atoms with Crippen molar-refractivity contribution in [2.45, 2.75) is 43.9 Å². The summed E-state index contributed by atoms with van der Waals surface area (Å²) in [7, 11) is -3.58. The van der Waals surface area contributed by atoms with E-state index in [4.69, 9.17) is 10.9 Å². The number of hydrogen-bond acceptors (Lipinski definition) is 4. The molecule has 1 aromatic carbocycles. The summed E-state index contributed by atoms with van der Waals surface area (Å²) in [6.45, 7) is 0. The van der Waals surface area contributed by atoms with Gasteiger partial charge in [-0.2, -0.15) is 0 Å². The molecule has 0 aromatic heterocycles. The molecule has 5 N–H and O–H groups in total. The number of carbonyl (C=O) groups excluding carboxylic acids is 1. The molecule has 6 nitrogen and oxygen atoms in total. The quantitative estimate of drug-likeness (QED) is 0.740. The number of primary sulfonamides is 1. The van der Waals surface area contributed by atoms with E-state index >= 15 is 0 Å². The molecule has 2 rings (SSSR count). The number of rotatable bonds is 5. The van der Waals surface area contributed by atoms with Crippen molar-refractivity contribution < 1.29 is 13.2 Å². The highest BCUT2D eigenvalue weighted by Gasteiger charge is 2.24. The molecule has 1 aromatic rings. The molecule has 23 heavy (non-hydrogen) atoms. The number of carbonyl (C=O) groups is 1. The van der Waals surface area contributed by atoms with Gasteiger partial charge in [-0.15, -0.1) is 12.4 Å². The van der Waals surface area contributed by atoms with Gasteiger partial charge in [0.05, 0.1) is 5.75 Å². The van der Waals surface area contributed by atoms with Crippen molar-refractivity contribution in [1.29, 1.82) is 0 Å². The molecular formula is C15H24ClN3O3S. The predicted molar refractivity (Wildman–Crippen MR) is 93.7 cm³/mol. The second-order valence-corrected chi connectivity index (χ2v) is 7.58. The predicted octanol–water partition coefficient (Wildman–Crippen LogP) is 1.74. The average Bonchev–Trinajstić information content (AvgIpc) is 2.40. The summed E-state index contributed by atoms with van der Waals surface area (Å²) < 4.78 is 22.2. The molecule has 1 saturated carbocycles. The van der Waals surface area contributed by atoms with E-state index in [1.54, 1.807) is 24.3 Å². The molecule has 0 radical (unpaired) electrons. The van der Waals surface area contributed by atoms with Gasteiger partial charge >= 0.3 is 0 Å². The lowest BCUT2D eigenvalue weighted by Gasteiger charge is -2.27. The molecule has 130 valence electrons. The Morgan fingerprint density at radius 2 is 1.96 bits per heavy atom. The number of amides is 1. The minimum atomic E-state index is -3.58. The van der Waals surface area contributed by atoms with Gasteiger partial charge in [0, 0.05) is 18.2 Å². The maximum Gasteiger partial charge on any atom is 0.224 e. The van der Waals surface area contributed by atoms with Crippen molar-refractivity contribution in [3.63, 3.8) is 0 Å². The van der Waals surface area contributed by atoms with E-state index in [1.165, 1.54) is 0 Å². The van der Waals surface area contributed by atoms with Crippen LogP contribution in [0.1, 0.15) is 37.7 Å². The minimum Gasteiger partial charge on any atom is -0.327 e. The minimum absolute atomic E-state index is 0. The lowest BCUT2D eigenvalue weighted by atomic mass is 9.83. The number of benzene rings is 1. The molecule has 0 unspecified atom stereocenters. The van der Waals surface area contributed by atoms with Gasteiger partial charge in [0.15, 0.2) is 0 Å². The van der Waals surface area contributed by atoms with Crippen LogP contribution in [-0.4, -0.2) is 20.4 Å². The second-order valence-electron chi connectivity index (χ2n) is 5.97. The monoisotopic (exact) mass is 361 g/mol. The van der Waals surface area contributed by atoms with Crippen molar-refractivity contribution >= 4 is 34.0 Å². The van der Waals surface area contributed by atoms with Crippen LogP contribution in [0.2, 0.25) is 0 Å². The summed E-state index contributed by atoms with van der Waals surface area (Å²) in [5.41, 5.74) is 7.18. The van der Waals surface area contributed by atoms with Crippen LogP contribution in [0, 0.1) is 5.92 Å². The summed E-state index contributed by atoms with van der Waals surface area (Å²) in [5.74, 6) is -0.110. The number of nitrogens with one attached hydrogen (secondary N) is 1. The Balaban J connectivity index is 0.00000264. The zero-order chi connectivity index (χ0) is 16.2. The highest BCUT2D eigenvalue weighted by Crippen LogP contribution is 2.26. The summed E-state index contributed by atoms with van der Waals surface area (Å²) in [5, 5.41) is 7.83. The molecule has 2 atom stereocenters. The number of halogens is 1. The van der Waals surface area contributed by atoms with Crippen LogP contribution < -0.4 is 16.2 Å².